The molecular formula is C15H32N4O3S. The third-order valence-electron chi connectivity index (χ3n) is 4.88. The first kappa shape index (κ1) is 19.1. The second-order valence-electron chi connectivity index (χ2n) is 6.45. The van der Waals surface area contributed by atoms with Crippen molar-refractivity contribution < 1.29 is 13.5 Å². The van der Waals surface area contributed by atoms with E-state index in [1.807, 2.05) is 0 Å². The fourth-order valence-corrected chi connectivity index (χ4v) is 5.03. The fourth-order valence-electron chi connectivity index (χ4n) is 3.36. The summed E-state index contributed by atoms with van der Waals surface area (Å²) < 4.78 is 28.2. The first-order valence-electron chi connectivity index (χ1n) is 8.85. The molecule has 136 valence electrons. The van der Waals surface area contributed by atoms with E-state index < -0.39 is 10.2 Å². The fraction of sp³-hybridized carbons (Fsp3) is 1.00. The number of piperazine rings is 1. The molecule has 0 radical (unpaired) electrons. The first-order valence-corrected chi connectivity index (χ1v) is 10.2. The van der Waals surface area contributed by atoms with Gasteiger partial charge in [-0.05, 0) is 25.9 Å². The molecule has 0 aromatic rings. The predicted octanol–water partition coefficient (Wildman–Crippen LogP) is -0.353. The van der Waals surface area contributed by atoms with Crippen molar-refractivity contribution in [2.24, 2.45) is 0 Å². The Balaban J connectivity index is 1.77. The minimum absolute atomic E-state index is 0.378. The van der Waals surface area contributed by atoms with E-state index in [0.717, 1.165) is 25.9 Å². The Morgan fingerprint density at radius 2 is 1.48 bits per heavy atom. The number of likely N-dealkylation sites (N-methyl/N-ethyl adjacent to an activating group) is 1. The molecule has 1 N–H and O–H groups in total. The van der Waals surface area contributed by atoms with Crippen LogP contribution in [0.25, 0.3) is 0 Å². The van der Waals surface area contributed by atoms with Gasteiger partial charge in [-0.1, -0.05) is 13.8 Å². The molecule has 1 atom stereocenters. The van der Waals surface area contributed by atoms with E-state index in [-0.39, 0.29) is 6.10 Å². The van der Waals surface area contributed by atoms with Gasteiger partial charge >= 0.3 is 0 Å². The maximum Gasteiger partial charge on any atom is 0.282 e. The Hall–Kier alpha value is -0.250. The van der Waals surface area contributed by atoms with Crippen molar-refractivity contribution in [2.45, 2.75) is 32.8 Å². The van der Waals surface area contributed by atoms with Crippen molar-refractivity contribution in [3.05, 3.63) is 0 Å². The van der Waals surface area contributed by atoms with E-state index in [4.69, 9.17) is 0 Å². The molecule has 2 rings (SSSR count). The number of hydrogen-bond acceptors (Lipinski definition) is 5. The van der Waals surface area contributed by atoms with Crippen LogP contribution >= 0.6 is 0 Å². The number of aliphatic hydroxyl groups is 1. The molecule has 7 nitrogen and oxygen atoms in total. The standard InChI is InChI=1S/C15H32N4O3S/c1-3-16(4-2)13-15(20)14-17-9-11-19(12-10-17)23(21,22)18-7-5-6-8-18/h15,20H,3-14H2,1-2H3. The summed E-state index contributed by atoms with van der Waals surface area (Å²) in [4.78, 5) is 4.38. The van der Waals surface area contributed by atoms with Crippen molar-refractivity contribution in [3.63, 3.8) is 0 Å². The van der Waals surface area contributed by atoms with Crippen molar-refractivity contribution in [3.8, 4) is 0 Å². The monoisotopic (exact) mass is 348 g/mol. The van der Waals surface area contributed by atoms with Crippen LogP contribution in [0.4, 0.5) is 0 Å². The maximum absolute atomic E-state index is 12.5. The van der Waals surface area contributed by atoms with Crippen LogP contribution in [-0.4, -0.2) is 103 Å². The van der Waals surface area contributed by atoms with Gasteiger partial charge in [-0.25, -0.2) is 0 Å². The lowest BCUT2D eigenvalue weighted by molar-refractivity contribution is 0.0640. The summed E-state index contributed by atoms with van der Waals surface area (Å²) >= 11 is 0. The lowest BCUT2D eigenvalue weighted by Crippen LogP contribution is -2.54. The number of rotatable bonds is 8. The highest BCUT2D eigenvalue weighted by Crippen LogP contribution is 2.18. The van der Waals surface area contributed by atoms with Gasteiger partial charge in [-0.3, -0.25) is 4.90 Å². The molecule has 0 saturated carbocycles. The van der Waals surface area contributed by atoms with Gasteiger partial charge in [0.2, 0.25) is 0 Å². The molecule has 23 heavy (non-hydrogen) atoms. The van der Waals surface area contributed by atoms with Crippen LogP contribution < -0.4 is 0 Å². The SMILES string of the molecule is CCN(CC)CC(O)CN1CCN(S(=O)(=O)N2CCCC2)CC1. The topological polar surface area (TPSA) is 67.3 Å². The molecule has 0 aliphatic carbocycles. The van der Waals surface area contributed by atoms with Crippen molar-refractivity contribution in [1.29, 1.82) is 0 Å². The zero-order valence-electron chi connectivity index (χ0n) is 14.5. The van der Waals surface area contributed by atoms with Gasteiger partial charge in [-0.15, -0.1) is 0 Å². The summed E-state index contributed by atoms with van der Waals surface area (Å²) in [5.74, 6) is 0. The van der Waals surface area contributed by atoms with Gasteiger partial charge in [0.1, 0.15) is 0 Å². The van der Waals surface area contributed by atoms with Gasteiger partial charge in [-0.2, -0.15) is 17.0 Å². The van der Waals surface area contributed by atoms with Crippen molar-refractivity contribution in [1.82, 2.24) is 18.4 Å². The quantitative estimate of drug-likeness (QED) is 0.649. The molecule has 1 unspecified atom stereocenters. The second-order valence-corrected chi connectivity index (χ2v) is 8.38. The maximum atomic E-state index is 12.5. The average Bonchev–Trinajstić information content (AvgIpc) is 3.08. The van der Waals surface area contributed by atoms with Gasteiger partial charge in [0.25, 0.3) is 10.2 Å². The molecule has 0 aromatic heterocycles. The Bertz CT molecular complexity index is 442. The summed E-state index contributed by atoms with van der Waals surface area (Å²) in [6, 6.07) is 0. The third-order valence-corrected chi connectivity index (χ3v) is 6.92. The molecule has 0 bridgehead atoms. The predicted molar refractivity (Wildman–Crippen MR) is 91.5 cm³/mol. The minimum Gasteiger partial charge on any atom is -0.390 e. The molecule has 0 spiro atoms. The minimum atomic E-state index is -3.27. The summed E-state index contributed by atoms with van der Waals surface area (Å²) in [6.45, 7) is 11.1. The van der Waals surface area contributed by atoms with Gasteiger partial charge < -0.3 is 10.0 Å². The molecule has 0 aromatic carbocycles. The van der Waals surface area contributed by atoms with Gasteiger partial charge in [0.05, 0.1) is 6.10 Å². The van der Waals surface area contributed by atoms with E-state index in [1.165, 1.54) is 0 Å². The van der Waals surface area contributed by atoms with Crippen LogP contribution in [0, 0.1) is 0 Å². The molecule has 2 fully saturated rings. The summed E-state index contributed by atoms with van der Waals surface area (Å²) in [5, 5.41) is 10.2. The van der Waals surface area contributed by atoms with Crippen LogP contribution in [0.5, 0.6) is 0 Å². The molecule has 2 saturated heterocycles. The summed E-state index contributed by atoms with van der Waals surface area (Å²) in [7, 11) is -3.27. The lowest BCUT2D eigenvalue weighted by atomic mass is 10.2. The molecule has 2 heterocycles. The zero-order chi connectivity index (χ0) is 16.9. The van der Waals surface area contributed by atoms with Crippen LogP contribution in [0.1, 0.15) is 26.7 Å². The molecular weight excluding hydrogens is 316 g/mol. The normalized spacial score (nSPS) is 23.7. The Morgan fingerprint density at radius 3 is 2.00 bits per heavy atom. The average molecular weight is 349 g/mol. The van der Waals surface area contributed by atoms with Gasteiger partial charge in [0.15, 0.2) is 0 Å². The molecule has 2 aliphatic heterocycles. The van der Waals surface area contributed by atoms with Crippen LogP contribution in [0.3, 0.4) is 0 Å². The number of β-amino-alcohol motifs (C(OH)–C–C–N with tert-alkyl or cyclic N) is 1. The Morgan fingerprint density at radius 1 is 0.957 bits per heavy atom. The van der Waals surface area contributed by atoms with Crippen LogP contribution in [0.2, 0.25) is 0 Å². The largest absolute Gasteiger partial charge is 0.390 e. The molecule has 2 aliphatic rings. The van der Waals surface area contributed by atoms with E-state index >= 15 is 0 Å². The van der Waals surface area contributed by atoms with E-state index in [2.05, 4.69) is 23.6 Å². The molecule has 0 amide bonds. The number of aliphatic hydroxyl groups excluding tert-OH is 1. The highest BCUT2D eigenvalue weighted by Gasteiger charge is 2.33. The van der Waals surface area contributed by atoms with Gasteiger partial charge in [0, 0.05) is 52.4 Å². The third kappa shape index (κ3) is 5.11. The van der Waals surface area contributed by atoms with Crippen LogP contribution in [-0.2, 0) is 10.2 Å². The first-order chi connectivity index (χ1) is 11.0. The number of hydrogen-bond donors (Lipinski definition) is 1. The van der Waals surface area contributed by atoms with Crippen LogP contribution in [0.15, 0.2) is 0 Å². The Kier molecular flexibility index (Phi) is 7.24. The highest BCUT2D eigenvalue weighted by molar-refractivity contribution is 7.86. The van der Waals surface area contributed by atoms with E-state index in [1.54, 1.807) is 8.61 Å². The second kappa shape index (κ2) is 8.73. The zero-order valence-corrected chi connectivity index (χ0v) is 15.3. The lowest BCUT2D eigenvalue weighted by Gasteiger charge is -2.37. The smallest absolute Gasteiger partial charge is 0.282 e. The molecule has 8 heteroatoms. The Labute approximate surface area is 141 Å². The van der Waals surface area contributed by atoms with Crippen molar-refractivity contribution >= 4 is 10.2 Å². The summed E-state index contributed by atoms with van der Waals surface area (Å²) in [6.07, 6.45) is 1.56. The van der Waals surface area contributed by atoms with E-state index in [0.29, 0.717) is 52.4 Å². The van der Waals surface area contributed by atoms with Crippen molar-refractivity contribution in [2.75, 3.05) is 65.4 Å². The highest BCUT2D eigenvalue weighted by atomic mass is 32.2. The number of nitrogens with zero attached hydrogens (tertiary/aromatic N) is 4. The van der Waals surface area contributed by atoms with E-state index in [9.17, 15) is 13.5 Å². The summed E-state index contributed by atoms with van der Waals surface area (Å²) in [5.41, 5.74) is 0.